The number of carbonyl (C=O) groups excluding carboxylic acids is 2. The molecule has 1 aliphatic heterocycles. The van der Waals surface area contributed by atoms with E-state index in [0.717, 1.165) is 12.8 Å². The molecule has 0 aromatic heterocycles. The van der Waals surface area contributed by atoms with Crippen LogP contribution in [0.25, 0.3) is 0 Å². The van der Waals surface area contributed by atoms with Crippen molar-refractivity contribution in [2.45, 2.75) is 50.0 Å². The van der Waals surface area contributed by atoms with E-state index in [4.69, 9.17) is 0 Å². The van der Waals surface area contributed by atoms with Gasteiger partial charge in [0.25, 0.3) is 0 Å². The van der Waals surface area contributed by atoms with Crippen LogP contribution in [0.4, 0.5) is 0 Å². The maximum absolute atomic E-state index is 11.6. The molecule has 4 nitrogen and oxygen atoms in total. The van der Waals surface area contributed by atoms with Gasteiger partial charge in [0, 0.05) is 18.5 Å². The highest BCUT2D eigenvalue weighted by Gasteiger charge is 2.27. The van der Waals surface area contributed by atoms with Gasteiger partial charge in [-0.05, 0) is 19.8 Å². The zero-order valence-corrected chi connectivity index (χ0v) is 10.6. The van der Waals surface area contributed by atoms with Gasteiger partial charge in [-0.1, -0.05) is 22.9 Å². The predicted molar refractivity (Wildman–Crippen MR) is 61.8 cm³/mol. The average Bonchev–Trinajstić information content (AvgIpc) is 2.20. The van der Waals surface area contributed by atoms with Crippen LogP contribution in [-0.4, -0.2) is 28.7 Å². The van der Waals surface area contributed by atoms with E-state index in [9.17, 15) is 9.59 Å². The highest BCUT2D eigenvalue weighted by atomic mass is 79.9. The van der Waals surface area contributed by atoms with Crippen LogP contribution in [0.2, 0.25) is 0 Å². The average molecular weight is 277 g/mol. The number of piperidine rings is 1. The van der Waals surface area contributed by atoms with Crippen molar-refractivity contribution in [1.29, 1.82) is 0 Å². The summed E-state index contributed by atoms with van der Waals surface area (Å²) < 4.78 is 0. The minimum atomic E-state index is -0.137. The predicted octanol–water partition coefficient (Wildman–Crippen LogP) is 0.943. The molecule has 2 N–H and O–H groups in total. The minimum Gasteiger partial charge on any atom is -0.352 e. The third-order valence-corrected chi connectivity index (χ3v) is 3.71. The zero-order chi connectivity index (χ0) is 11.4. The fourth-order valence-electron chi connectivity index (χ4n) is 1.62. The molecule has 1 fully saturated rings. The lowest BCUT2D eigenvalue weighted by Crippen LogP contribution is -2.55. The van der Waals surface area contributed by atoms with Crippen LogP contribution in [-0.2, 0) is 9.59 Å². The Bertz CT molecular complexity index is 258. The number of halogens is 1. The van der Waals surface area contributed by atoms with Crippen molar-refractivity contribution < 1.29 is 9.59 Å². The maximum atomic E-state index is 11.6. The molecule has 0 aromatic rings. The molecule has 0 aliphatic carbocycles. The Morgan fingerprint density at radius 2 is 2.40 bits per heavy atom. The maximum Gasteiger partial charge on any atom is 0.234 e. The number of alkyl halides is 1. The van der Waals surface area contributed by atoms with Crippen LogP contribution in [0.1, 0.15) is 33.1 Å². The van der Waals surface area contributed by atoms with Crippen LogP contribution in [0.15, 0.2) is 0 Å². The lowest BCUT2D eigenvalue weighted by molar-refractivity contribution is -0.126. The topological polar surface area (TPSA) is 58.2 Å². The molecule has 0 radical (unpaired) electrons. The van der Waals surface area contributed by atoms with Gasteiger partial charge in [0.05, 0.1) is 4.83 Å². The second-order valence-corrected chi connectivity index (χ2v) is 4.99. The Balaban J connectivity index is 2.44. The number of hydrogen-bond donors (Lipinski definition) is 2. The molecule has 1 rings (SSSR count). The van der Waals surface area contributed by atoms with E-state index in [0.29, 0.717) is 6.42 Å². The molecule has 1 saturated heterocycles. The molecule has 1 heterocycles. The van der Waals surface area contributed by atoms with Crippen LogP contribution in [0.3, 0.4) is 0 Å². The lowest BCUT2D eigenvalue weighted by atomic mass is 9.99. The van der Waals surface area contributed by atoms with Gasteiger partial charge in [0.2, 0.25) is 11.8 Å². The SMILES string of the molecule is CCC(Br)C(=O)NC1CCC(=O)NC1C. The second-order valence-electron chi connectivity index (χ2n) is 3.89. The van der Waals surface area contributed by atoms with Gasteiger partial charge in [-0.15, -0.1) is 0 Å². The van der Waals surface area contributed by atoms with E-state index in [1.165, 1.54) is 0 Å². The molecule has 86 valence electrons. The molecule has 2 amide bonds. The summed E-state index contributed by atoms with van der Waals surface area (Å²) in [7, 11) is 0. The van der Waals surface area contributed by atoms with Gasteiger partial charge in [-0.3, -0.25) is 9.59 Å². The summed E-state index contributed by atoms with van der Waals surface area (Å²) in [6.07, 6.45) is 1.98. The van der Waals surface area contributed by atoms with Gasteiger partial charge in [-0.25, -0.2) is 0 Å². The third kappa shape index (κ3) is 3.48. The van der Waals surface area contributed by atoms with E-state index >= 15 is 0 Å². The fourth-order valence-corrected chi connectivity index (χ4v) is 1.75. The summed E-state index contributed by atoms with van der Waals surface area (Å²) >= 11 is 3.30. The van der Waals surface area contributed by atoms with Crippen molar-refractivity contribution in [3.63, 3.8) is 0 Å². The van der Waals surface area contributed by atoms with E-state index in [1.807, 2.05) is 13.8 Å². The summed E-state index contributed by atoms with van der Waals surface area (Å²) in [6, 6.07) is 0.0774. The Morgan fingerprint density at radius 1 is 1.73 bits per heavy atom. The Morgan fingerprint density at radius 3 is 2.93 bits per heavy atom. The number of amides is 2. The van der Waals surface area contributed by atoms with Crippen molar-refractivity contribution in [3.05, 3.63) is 0 Å². The Kier molecular flexibility index (Phi) is 4.57. The van der Waals surface area contributed by atoms with Gasteiger partial charge in [-0.2, -0.15) is 0 Å². The molecular formula is C10H17BrN2O2. The Hall–Kier alpha value is -0.580. The first-order valence-corrected chi connectivity index (χ1v) is 6.20. The summed E-state index contributed by atoms with van der Waals surface area (Å²) in [5.41, 5.74) is 0. The van der Waals surface area contributed by atoms with Crippen LogP contribution >= 0.6 is 15.9 Å². The number of hydrogen-bond acceptors (Lipinski definition) is 2. The van der Waals surface area contributed by atoms with E-state index in [2.05, 4.69) is 26.6 Å². The van der Waals surface area contributed by atoms with Crippen LogP contribution in [0, 0.1) is 0 Å². The van der Waals surface area contributed by atoms with Crippen molar-refractivity contribution in [1.82, 2.24) is 10.6 Å². The normalized spacial score (nSPS) is 28.1. The molecule has 0 bridgehead atoms. The largest absolute Gasteiger partial charge is 0.352 e. The molecule has 0 spiro atoms. The number of nitrogens with one attached hydrogen (secondary N) is 2. The molecule has 0 saturated carbocycles. The molecule has 1 aliphatic rings. The van der Waals surface area contributed by atoms with Crippen LogP contribution in [0.5, 0.6) is 0 Å². The molecule has 0 aromatic carbocycles. The van der Waals surface area contributed by atoms with Crippen molar-refractivity contribution in [2.24, 2.45) is 0 Å². The molecule has 3 unspecified atom stereocenters. The molecular weight excluding hydrogens is 260 g/mol. The zero-order valence-electron chi connectivity index (χ0n) is 9.05. The minimum absolute atomic E-state index is 0.00509. The smallest absolute Gasteiger partial charge is 0.234 e. The highest BCUT2D eigenvalue weighted by molar-refractivity contribution is 9.10. The Labute approximate surface area is 98.3 Å². The van der Waals surface area contributed by atoms with Gasteiger partial charge < -0.3 is 10.6 Å². The first-order chi connectivity index (χ1) is 7.04. The fraction of sp³-hybridized carbons (Fsp3) is 0.800. The molecule has 3 atom stereocenters. The second kappa shape index (κ2) is 5.49. The lowest BCUT2D eigenvalue weighted by Gasteiger charge is -2.30. The first-order valence-electron chi connectivity index (χ1n) is 5.28. The summed E-state index contributed by atoms with van der Waals surface area (Å²) in [6.45, 7) is 3.86. The van der Waals surface area contributed by atoms with Gasteiger partial charge in [0.1, 0.15) is 0 Å². The first kappa shape index (κ1) is 12.5. The van der Waals surface area contributed by atoms with E-state index < -0.39 is 0 Å². The van der Waals surface area contributed by atoms with Gasteiger partial charge >= 0.3 is 0 Å². The number of carbonyl (C=O) groups is 2. The summed E-state index contributed by atoms with van der Waals surface area (Å²) in [5.74, 6) is 0.0735. The molecule has 5 heteroatoms. The summed E-state index contributed by atoms with van der Waals surface area (Å²) in [4.78, 5) is 22.5. The number of rotatable bonds is 3. The monoisotopic (exact) mass is 276 g/mol. The summed E-state index contributed by atoms with van der Waals surface area (Å²) in [5, 5.41) is 5.76. The van der Waals surface area contributed by atoms with Crippen molar-refractivity contribution in [3.8, 4) is 0 Å². The standard InChI is InChI=1S/C10H17BrN2O2/c1-3-7(11)10(15)13-8-4-5-9(14)12-6(8)2/h6-8H,3-5H2,1-2H3,(H,12,14)(H,13,15). The van der Waals surface area contributed by atoms with Crippen molar-refractivity contribution >= 4 is 27.7 Å². The highest BCUT2D eigenvalue weighted by Crippen LogP contribution is 2.11. The molecule has 15 heavy (non-hydrogen) atoms. The van der Waals surface area contributed by atoms with Crippen molar-refractivity contribution in [2.75, 3.05) is 0 Å². The van der Waals surface area contributed by atoms with E-state index in [-0.39, 0.29) is 28.7 Å². The third-order valence-electron chi connectivity index (χ3n) is 2.65. The van der Waals surface area contributed by atoms with Crippen LogP contribution < -0.4 is 10.6 Å². The van der Waals surface area contributed by atoms with E-state index in [1.54, 1.807) is 0 Å². The quantitative estimate of drug-likeness (QED) is 0.754. The van der Waals surface area contributed by atoms with Gasteiger partial charge in [0.15, 0.2) is 0 Å².